The lowest BCUT2D eigenvalue weighted by Crippen LogP contribution is -2.41. The highest BCUT2D eigenvalue weighted by Gasteiger charge is 2.51. The van der Waals surface area contributed by atoms with E-state index in [9.17, 15) is 4.79 Å². The van der Waals surface area contributed by atoms with Crippen molar-refractivity contribution < 1.29 is 4.79 Å². The van der Waals surface area contributed by atoms with E-state index in [0.29, 0.717) is 12.3 Å². The van der Waals surface area contributed by atoms with Crippen molar-refractivity contribution in [1.82, 2.24) is 4.90 Å². The molecular formula is C14H17NO. The minimum atomic E-state index is 0.132. The Labute approximate surface area is 96.3 Å². The van der Waals surface area contributed by atoms with Crippen LogP contribution in [0.4, 0.5) is 0 Å². The number of hydrogen-bond donors (Lipinski definition) is 0. The highest BCUT2D eigenvalue weighted by molar-refractivity contribution is 5.89. The van der Waals surface area contributed by atoms with Gasteiger partial charge in [-0.3, -0.25) is 9.69 Å². The summed E-state index contributed by atoms with van der Waals surface area (Å²) in [6.45, 7) is 2.66. The molecule has 1 saturated carbocycles. The van der Waals surface area contributed by atoms with Crippen molar-refractivity contribution >= 4 is 5.78 Å². The molecule has 1 aliphatic heterocycles. The Morgan fingerprint density at radius 2 is 1.88 bits per heavy atom. The molecule has 0 aromatic heterocycles. The second kappa shape index (κ2) is 3.70. The van der Waals surface area contributed by atoms with E-state index < -0.39 is 0 Å². The zero-order chi connectivity index (χ0) is 11.0. The summed E-state index contributed by atoms with van der Waals surface area (Å²) in [5, 5.41) is 0. The smallest absolute Gasteiger partial charge is 0.153 e. The van der Waals surface area contributed by atoms with E-state index in [1.165, 1.54) is 5.56 Å². The Bertz CT molecular complexity index is 394. The monoisotopic (exact) mass is 215 g/mol. The molecule has 16 heavy (non-hydrogen) atoms. The zero-order valence-corrected chi connectivity index (χ0v) is 9.48. The summed E-state index contributed by atoms with van der Waals surface area (Å²) in [7, 11) is 0. The first kappa shape index (κ1) is 10.0. The zero-order valence-electron chi connectivity index (χ0n) is 9.48. The Balaban J connectivity index is 1.63. The van der Waals surface area contributed by atoms with Crippen molar-refractivity contribution in [3.63, 3.8) is 0 Å². The van der Waals surface area contributed by atoms with Crippen molar-refractivity contribution in [2.75, 3.05) is 13.1 Å². The van der Waals surface area contributed by atoms with Crippen molar-refractivity contribution in [3.8, 4) is 0 Å². The minimum absolute atomic E-state index is 0.132. The molecule has 2 nitrogen and oxygen atoms in total. The number of carbonyl (C=O) groups is 1. The SMILES string of the molecule is O=C1CN(Cc2ccccc2)CCC12CC2. The summed E-state index contributed by atoms with van der Waals surface area (Å²) < 4.78 is 0. The molecule has 0 amide bonds. The van der Waals surface area contributed by atoms with Crippen LogP contribution in [0.15, 0.2) is 30.3 Å². The van der Waals surface area contributed by atoms with Gasteiger partial charge < -0.3 is 0 Å². The average molecular weight is 215 g/mol. The van der Waals surface area contributed by atoms with E-state index in [0.717, 1.165) is 32.4 Å². The summed E-state index contributed by atoms with van der Waals surface area (Å²) in [5.74, 6) is 0.481. The first-order chi connectivity index (χ1) is 7.78. The van der Waals surface area contributed by atoms with Gasteiger partial charge in [0.15, 0.2) is 5.78 Å². The van der Waals surface area contributed by atoms with Crippen LogP contribution < -0.4 is 0 Å². The van der Waals surface area contributed by atoms with Gasteiger partial charge in [-0.05, 0) is 31.4 Å². The van der Waals surface area contributed by atoms with Gasteiger partial charge in [-0.2, -0.15) is 0 Å². The lowest BCUT2D eigenvalue weighted by atomic mass is 9.92. The maximum absolute atomic E-state index is 11.9. The van der Waals surface area contributed by atoms with E-state index in [-0.39, 0.29) is 5.41 Å². The second-order valence-corrected chi connectivity index (χ2v) is 5.15. The third kappa shape index (κ3) is 1.78. The average Bonchev–Trinajstić information content (AvgIpc) is 3.07. The number of piperidine rings is 1. The van der Waals surface area contributed by atoms with Crippen molar-refractivity contribution in [1.29, 1.82) is 0 Å². The number of benzene rings is 1. The molecule has 0 atom stereocenters. The Hall–Kier alpha value is -1.15. The Morgan fingerprint density at radius 1 is 1.12 bits per heavy atom. The Morgan fingerprint density at radius 3 is 2.50 bits per heavy atom. The molecule has 2 fully saturated rings. The van der Waals surface area contributed by atoms with E-state index in [2.05, 4.69) is 29.2 Å². The van der Waals surface area contributed by atoms with Crippen LogP contribution >= 0.6 is 0 Å². The third-order valence-electron chi connectivity index (χ3n) is 3.97. The third-order valence-corrected chi connectivity index (χ3v) is 3.97. The molecule has 1 aromatic carbocycles. The molecule has 0 radical (unpaired) electrons. The van der Waals surface area contributed by atoms with Gasteiger partial charge in [0.25, 0.3) is 0 Å². The molecule has 0 bridgehead atoms. The summed E-state index contributed by atoms with van der Waals surface area (Å²) >= 11 is 0. The van der Waals surface area contributed by atoms with Gasteiger partial charge >= 0.3 is 0 Å². The fourth-order valence-corrected chi connectivity index (χ4v) is 2.62. The molecule has 2 heteroatoms. The molecule has 3 rings (SSSR count). The molecule has 1 heterocycles. The lowest BCUT2D eigenvalue weighted by Gasteiger charge is -2.30. The topological polar surface area (TPSA) is 20.3 Å². The maximum Gasteiger partial charge on any atom is 0.153 e. The number of rotatable bonds is 2. The first-order valence-electron chi connectivity index (χ1n) is 6.08. The summed E-state index contributed by atoms with van der Waals surface area (Å²) in [6, 6.07) is 10.4. The lowest BCUT2D eigenvalue weighted by molar-refractivity contribution is -0.128. The number of Topliss-reactive ketones (excluding diaryl/α,β-unsaturated/α-hetero) is 1. The van der Waals surface area contributed by atoms with Crippen molar-refractivity contribution in [3.05, 3.63) is 35.9 Å². The van der Waals surface area contributed by atoms with Gasteiger partial charge in [0, 0.05) is 12.0 Å². The summed E-state index contributed by atoms with van der Waals surface area (Å²) in [4.78, 5) is 14.2. The molecule has 1 aromatic rings. The van der Waals surface area contributed by atoms with Crippen LogP contribution in [0.3, 0.4) is 0 Å². The number of carbonyl (C=O) groups excluding carboxylic acids is 1. The largest absolute Gasteiger partial charge is 0.298 e. The van der Waals surface area contributed by atoms with Gasteiger partial charge in [0.1, 0.15) is 0 Å². The molecule has 0 N–H and O–H groups in total. The standard InChI is InChI=1S/C14H17NO/c16-13-11-15(9-8-14(13)6-7-14)10-12-4-2-1-3-5-12/h1-5H,6-11H2. The molecular weight excluding hydrogens is 198 g/mol. The number of ketones is 1. The van der Waals surface area contributed by atoms with Crippen molar-refractivity contribution in [2.45, 2.75) is 25.8 Å². The maximum atomic E-state index is 11.9. The molecule has 1 spiro atoms. The van der Waals surface area contributed by atoms with Crippen LogP contribution in [0.5, 0.6) is 0 Å². The molecule has 1 saturated heterocycles. The predicted octanol–water partition coefficient (Wildman–Crippen LogP) is 2.24. The van der Waals surface area contributed by atoms with Gasteiger partial charge in [-0.1, -0.05) is 30.3 Å². The predicted molar refractivity (Wildman–Crippen MR) is 63.0 cm³/mol. The van der Waals surface area contributed by atoms with Gasteiger partial charge in [-0.25, -0.2) is 0 Å². The van der Waals surface area contributed by atoms with E-state index >= 15 is 0 Å². The first-order valence-corrected chi connectivity index (χ1v) is 6.08. The van der Waals surface area contributed by atoms with Gasteiger partial charge in [-0.15, -0.1) is 0 Å². The fraction of sp³-hybridized carbons (Fsp3) is 0.500. The molecule has 1 aliphatic carbocycles. The van der Waals surface area contributed by atoms with Crippen LogP contribution in [0, 0.1) is 5.41 Å². The van der Waals surface area contributed by atoms with Crippen molar-refractivity contribution in [2.24, 2.45) is 5.41 Å². The second-order valence-electron chi connectivity index (χ2n) is 5.15. The van der Waals surface area contributed by atoms with Crippen LogP contribution in [0.2, 0.25) is 0 Å². The van der Waals surface area contributed by atoms with Crippen LogP contribution in [0.25, 0.3) is 0 Å². The summed E-state index contributed by atoms with van der Waals surface area (Å²) in [5.41, 5.74) is 1.44. The Kier molecular flexibility index (Phi) is 2.32. The summed E-state index contributed by atoms with van der Waals surface area (Å²) in [6.07, 6.45) is 3.37. The number of hydrogen-bond acceptors (Lipinski definition) is 2. The molecule has 2 aliphatic rings. The van der Waals surface area contributed by atoms with Gasteiger partial charge in [0.2, 0.25) is 0 Å². The van der Waals surface area contributed by atoms with Crippen LogP contribution in [-0.4, -0.2) is 23.8 Å². The van der Waals surface area contributed by atoms with E-state index in [4.69, 9.17) is 0 Å². The highest BCUT2D eigenvalue weighted by Crippen LogP contribution is 2.51. The van der Waals surface area contributed by atoms with E-state index in [1.54, 1.807) is 0 Å². The molecule has 0 unspecified atom stereocenters. The minimum Gasteiger partial charge on any atom is -0.298 e. The van der Waals surface area contributed by atoms with Crippen LogP contribution in [-0.2, 0) is 11.3 Å². The fourth-order valence-electron chi connectivity index (χ4n) is 2.62. The van der Waals surface area contributed by atoms with E-state index in [1.807, 2.05) is 6.07 Å². The molecule has 84 valence electrons. The van der Waals surface area contributed by atoms with Crippen LogP contribution in [0.1, 0.15) is 24.8 Å². The number of nitrogens with zero attached hydrogens (tertiary/aromatic N) is 1. The number of likely N-dealkylation sites (tertiary alicyclic amines) is 1. The normalized spacial score (nSPS) is 23.6. The quantitative estimate of drug-likeness (QED) is 0.754. The van der Waals surface area contributed by atoms with Gasteiger partial charge in [0.05, 0.1) is 6.54 Å². The highest BCUT2D eigenvalue weighted by atomic mass is 16.1.